The third-order valence-electron chi connectivity index (χ3n) is 5.95. The van der Waals surface area contributed by atoms with Crippen LogP contribution in [0.25, 0.3) is 0 Å². The second-order valence-corrected chi connectivity index (χ2v) is 7.77. The molecule has 2 fully saturated rings. The van der Waals surface area contributed by atoms with Crippen molar-refractivity contribution in [2.24, 2.45) is 0 Å². The first-order chi connectivity index (χ1) is 14.2. The van der Waals surface area contributed by atoms with Crippen molar-refractivity contribution in [3.8, 4) is 5.75 Å². The molecule has 29 heavy (non-hydrogen) atoms. The number of carbonyl (C=O) groups is 1. The fourth-order valence-corrected chi connectivity index (χ4v) is 4.20. The molecule has 8 nitrogen and oxygen atoms in total. The molecule has 0 unspecified atom stereocenters. The molecule has 2 aromatic rings. The number of piperidine rings is 1. The van der Waals surface area contributed by atoms with Crippen LogP contribution in [0.5, 0.6) is 5.75 Å². The lowest BCUT2D eigenvalue weighted by Crippen LogP contribution is -2.53. The number of ether oxygens (including phenoxy) is 2. The molecule has 3 aliphatic rings. The lowest BCUT2D eigenvalue weighted by molar-refractivity contribution is 0.0472. The zero-order chi connectivity index (χ0) is 19.7. The predicted molar refractivity (Wildman–Crippen MR) is 109 cm³/mol. The first-order valence-electron chi connectivity index (χ1n) is 10.2. The molecule has 5 rings (SSSR count). The molecule has 152 valence electrons. The first kappa shape index (κ1) is 18.2. The quantitative estimate of drug-likeness (QED) is 0.825. The van der Waals surface area contributed by atoms with Crippen LogP contribution >= 0.6 is 0 Å². The Bertz CT molecular complexity index is 891. The average Bonchev–Trinajstić information content (AvgIpc) is 2.92. The van der Waals surface area contributed by atoms with Crippen LogP contribution < -0.4 is 19.9 Å². The summed E-state index contributed by atoms with van der Waals surface area (Å²) in [6.45, 7) is 5.22. The lowest BCUT2D eigenvalue weighted by Gasteiger charge is -2.41. The van der Waals surface area contributed by atoms with E-state index in [-0.39, 0.29) is 11.5 Å². The van der Waals surface area contributed by atoms with Gasteiger partial charge in [0, 0.05) is 45.2 Å². The van der Waals surface area contributed by atoms with Gasteiger partial charge in [-0.3, -0.25) is 4.79 Å². The van der Waals surface area contributed by atoms with E-state index in [1.54, 1.807) is 0 Å². The van der Waals surface area contributed by atoms with Crippen LogP contribution in [0.3, 0.4) is 0 Å². The summed E-state index contributed by atoms with van der Waals surface area (Å²) in [5.41, 5.74) is 0.233. The number of aromatic nitrogens is 2. The number of para-hydroxylation sites is 1. The molecule has 1 aromatic carbocycles. The maximum atomic E-state index is 12.4. The van der Waals surface area contributed by atoms with Crippen molar-refractivity contribution in [2.75, 3.05) is 55.7 Å². The van der Waals surface area contributed by atoms with Crippen molar-refractivity contribution in [2.45, 2.75) is 18.4 Å². The van der Waals surface area contributed by atoms with Gasteiger partial charge in [-0.15, -0.1) is 0 Å². The highest BCUT2D eigenvalue weighted by molar-refractivity contribution is 5.97. The summed E-state index contributed by atoms with van der Waals surface area (Å²) in [7, 11) is 0. The van der Waals surface area contributed by atoms with Crippen LogP contribution in [0.2, 0.25) is 0 Å². The van der Waals surface area contributed by atoms with E-state index < -0.39 is 0 Å². The zero-order valence-corrected chi connectivity index (χ0v) is 16.3. The van der Waals surface area contributed by atoms with Gasteiger partial charge < -0.3 is 24.6 Å². The fraction of sp³-hybridized carbons (Fsp3) is 0.476. The van der Waals surface area contributed by atoms with Crippen molar-refractivity contribution < 1.29 is 14.3 Å². The summed E-state index contributed by atoms with van der Waals surface area (Å²) in [5.74, 6) is 2.31. The Labute approximate surface area is 169 Å². The van der Waals surface area contributed by atoms with Crippen LogP contribution in [0, 0.1) is 0 Å². The van der Waals surface area contributed by atoms with Gasteiger partial charge in [0.15, 0.2) is 0 Å². The zero-order valence-electron chi connectivity index (χ0n) is 16.3. The SMILES string of the molecule is O=C1NCC2(CCN(c3ccnc(N4CCOCC4)n3)CC2)Oc2ccccc21. The molecule has 2 saturated heterocycles. The van der Waals surface area contributed by atoms with E-state index in [2.05, 4.69) is 20.1 Å². The monoisotopic (exact) mass is 395 g/mol. The van der Waals surface area contributed by atoms with E-state index in [0.29, 0.717) is 31.1 Å². The van der Waals surface area contributed by atoms with Gasteiger partial charge in [0.05, 0.1) is 25.3 Å². The second kappa shape index (κ2) is 7.51. The van der Waals surface area contributed by atoms with Crippen LogP contribution in [0.1, 0.15) is 23.2 Å². The Morgan fingerprint density at radius 2 is 1.79 bits per heavy atom. The molecule has 8 heteroatoms. The number of amides is 1. The summed E-state index contributed by atoms with van der Waals surface area (Å²) < 4.78 is 11.8. The van der Waals surface area contributed by atoms with Crippen LogP contribution in [-0.2, 0) is 4.74 Å². The third-order valence-corrected chi connectivity index (χ3v) is 5.95. The van der Waals surface area contributed by atoms with Crippen molar-refractivity contribution in [1.29, 1.82) is 0 Å². The van der Waals surface area contributed by atoms with Gasteiger partial charge in [0.2, 0.25) is 5.95 Å². The standard InChI is InChI=1S/C21H25N5O3/c27-19-16-3-1-2-4-17(16)29-21(15-23-19)6-9-25(10-7-21)18-5-8-22-20(24-18)26-11-13-28-14-12-26/h1-5,8H,6-7,9-15H2,(H,23,27). The largest absolute Gasteiger partial charge is 0.484 e. The number of carbonyl (C=O) groups excluding carboxylic acids is 1. The minimum absolute atomic E-state index is 0.0640. The number of rotatable bonds is 2. The van der Waals surface area contributed by atoms with E-state index in [1.165, 1.54) is 0 Å². The smallest absolute Gasteiger partial charge is 0.255 e. The molecule has 0 saturated carbocycles. The van der Waals surface area contributed by atoms with Crippen LogP contribution in [-0.4, -0.2) is 67.4 Å². The third kappa shape index (κ3) is 3.60. The topological polar surface area (TPSA) is 79.8 Å². The molecule has 1 spiro atoms. The number of nitrogens with zero attached hydrogens (tertiary/aromatic N) is 4. The Morgan fingerprint density at radius 1 is 1.00 bits per heavy atom. The summed E-state index contributed by atoms with van der Waals surface area (Å²) >= 11 is 0. The van der Waals surface area contributed by atoms with Gasteiger partial charge >= 0.3 is 0 Å². The number of benzene rings is 1. The molecule has 1 N–H and O–H groups in total. The molecular formula is C21H25N5O3. The summed E-state index contributed by atoms with van der Waals surface area (Å²) in [4.78, 5) is 26.1. The molecule has 1 amide bonds. The van der Waals surface area contributed by atoms with E-state index in [1.807, 2.05) is 36.5 Å². The van der Waals surface area contributed by atoms with Crippen LogP contribution in [0.4, 0.5) is 11.8 Å². The minimum atomic E-state index is -0.376. The number of morpholine rings is 1. The molecule has 0 aliphatic carbocycles. The summed E-state index contributed by atoms with van der Waals surface area (Å²) in [6, 6.07) is 9.44. The average molecular weight is 395 g/mol. The van der Waals surface area contributed by atoms with Gasteiger partial charge in [0.25, 0.3) is 5.91 Å². The minimum Gasteiger partial charge on any atom is -0.484 e. The summed E-state index contributed by atoms with van der Waals surface area (Å²) in [5, 5.41) is 3.04. The van der Waals surface area contributed by atoms with E-state index in [0.717, 1.165) is 50.8 Å². The van der Waals surface area contributed by atoms with Crippen molar-refractivity contribution in [1.82, 2.24) is 15.3 Å². The number of hydrogen-bond acceptors (Lipinski definition) is 7. The highest BCUT2D eigenvalue weighted by Crippen LogP contribution is 2.34. The number of nitrogens with one attached hydrogen (secondary N) is 1. The highest BCUT2D eigenvalue weighted by atomic mass is 16.5. The van der Waals surface area contributed by atoms with Gasteiger partial charge in [-0.2, -0.15) is 4.98 Å². The Balaban J connectivity index is 1.30. The van der Waals surface area contributed by atoms with Gasteiger partial charge in [-0.1, -0.05) is 12.1 Å². The van der Waals surface area contributed by atoms with E-state index in [9.17, 15) is 4.79 Å². The highest BCUT2D eigenvalue weighted by Gasteiger charge is 2.40. The Hall–Kier alpha value is -2.87. The first-order valence-corrected chi connectivity index (χ1v) is 10.2. The van der Waals surface area contributed by atoms with Crippen molar-refractivity contribution >= 4 is 17.7 Å². The number of hydrogen-bond donors (Lipinski definition) is 1. The van der Waals surface area contributed by atoms with E-state index in [4.69, 9.17) is 14.5 Å². The molecule has 4 heterocycles. The molecule has 3 aliphatic heterocycles. The van der Waals surface area contributed by atoms with Gasteiger partial charge in [0.1, 0.15) is 17.2 Å². The summed E-state index contributed by atoms with van der Waals surface area (Å²) in [6.07, 6.45) is 3.47. The Kier molecular flexibility index (Phi) is 4.71. The van der Waals surface area contributed by atoms with Crippen molar-refractivity contribution in [3.63, 3.8) is 0 Å². The maximum absolute atomic E-state index is 12.4. The molecule has 0 atom stereocenters. The normalized spacial score (nSPS) is 21.2. The van der Waals surface area contributed by atoms with Gasteiger partial charge in [-0.05, 0) is 18.2 Å². The lowest BCUT2D eigenvalue weighted by atomic mass is 9.91. The molecule has 0 radical (unpaired) electrons. The molecular weight excluding hydrogens is 370 g/mol. The van der Waals surface area contributed by atoms with E-state index >= 15 is 0 Å². The fourth-order valence-electron chi connectivity index (χ4n) is 4.20. The predicted octanol–water partition coefficient (Wildman–Crippen LogP) is 1.47. The van der Waals surface area contributed by atoms with Crippen LogP contribution in [0.15, 0.2) is 36.5 Å². The molecule has 1 aromatic heterocycles. The molecule has 0 bridgehead atoms. The Morgan fingerprint density at radius 3 is 2.62 bits per heavy atom. The second-order valence-electron chi connectivity index (χ2n) is 7.77. The van der Waals surface area contributed by atoms with Gasteiger partial charge in [-0.25, -0.2) is 4.98 Å². The maximum Gasteiger partial charge on any atom is 0.255 e. The van der Waals surface area contributed by atoms with Crippen molar-refractivity contribution in [3.05, 3.63) is 42.1 Å². The number of fused-ring (bicyclic) bond motifs is 1. The number of anilines is 2.